The van der Waals surface area contributed by atoms with E-state index in [-0.39, 0.29) is 5.91 Å². The fourth-order valence-corrected chi connectivity index (χ4v) is 0.910. The lowest BCUT2D eigenvalue weighted by atomic mass is 10.3. The highest BCUT2D eigenvalue weighted by molar-refractivity contribution is 5.98. The Labute approximate surface area is 51.3 Å². The van der Waals surface area contributed by atoms with Gasteiger partial charge < -0.3 is 5.32 Å². The van der Waals surface area contributed by atoms with E-state index in [1.807, 2.05) is 0 Å². The molecule has 1 amide bonds. The average molecular weight is 123 g/mol. The van der Waals surface area contributed by atoms with E-state index in [2.05, 4.69) is 15.5 Å². The highest BCUT2D eigenvalue weighted by Gasteiger charge is 2.18. The van der Waals surface area contributed by atoms with Gasteiger partial charge in [-0.3, -0.25) is 9.89 Å². The van der Waals surface area contributed by atoms with Gasteiger partial charge in [0.15, 0.2) is 0 Å². The van der Waals surface area contributed by atoms with Crippen LogP contribution in [0.3, 0.4) is 0 Å². The Morgan fingerprint density at radius 1 is 1.67 bits per heavy atom. The van der Waals surface area contributed by atoms with Crippen LogP contribution in [0.2, 0.25) is 0 Å². The summed E-state index contributed by atoms with van der Waals surface area (Å²) in [5.41, 5.74) is 1.71. The summed E-state index contributed by atoms with van der Waals surface area (Å²) in [6.07, 6.45) is 2.05. The smallest absolute Gasteiger partial charge is 0.230 e. The zero-order valence-electron chi connectivity index (χ0n) is 4.64. The second-order valence-corrected chi connectivity index (χ2v) is 1.99. The second kappa shape index (κ2) is 1.34. The van der Waals surface area contributed by atoms with Gasteiger partial charge in [-0.1, -0.05) is 0 Å². The molecule has 0 radical (unpaired) electrons. The van der Waals surface area contributed by atoms with Crippen LogP contribution >= 0.6 is 0 Å². The molecule has 4 nitrogen and oxygen atoms in total. The third-order valence-electron chi connectivity index (χ3n) is 1.33. The number of hydrogen-bond acceptors (Lipinski definition) is 2. The molecule has 0 saturated carbocycles. The molecule has 0 unspecified atom stereocenters. The van der Waals surface area contributed by atoms with Crippen LogP contribution in [-0.4, -0.2) is 16.1 Å². The van der Waals surface area contributed by atoms with Crippen molar-refractivity contribution in [1.82, 2.24) is 10.2 Å². The van der Waals surface area contributed by atoms with E-state index in [1.165, 1.54) is 0 Å². The Balaban J connectivity index is 2.49. The summed E-state index contributed by atoms with van der Waals surface area (Å²) in [5, 5.41) is 9.10. The number of carbonyl (C=O) groups excluding carboxylic acids is 1. The topological polar surface area (TPSA) is 57.8 Å². The number of nitrogens with one attached hydrogen (secondary N) is 2. The van der Waals surface area contributed by atoms with Gasteiger partial charge in [0.05, 0.1) is 24.0 Å². The lowest BCUT2D eigenvalue weighted by molar-refractivity contribution is -0.115. The van der Waals surface area contributed by atoms with E-state index < -0.39 is 0 Å². The van der Waals surface area contributed by atoms with E-state index in [9.17, 15) is 4.79 Å². The number of H-pyrrole nitrogens is 1. The maximum absolute atomic E-state index is 10.6. The Bertz CT molecular complexity index is 230. The average Bonchev–Trinajstić information content (AvgIpc) is 2.22. The molecule has 2 rings (SSSR count). The quantitative estimate of drug-likeness (QED) is 0.506. The van der Waals surface area contributed by atoms with Gasteiger partial charge in [0, 0.05) is 0 Å². The van der Waals surface area contributed by atoms with Gasteiger partial charge >= 0.3 is 0 Å². The van der Waals surface area contributed by atoms with E-state index in [4.69, 9.17) is 0 Å². The Morgan fingerprint density at radius 2 is 2.56 bits per heavy atom. The number of fused-ring (bicyclic) bond motifs is 1. The fourth-order valence-electron chi connectivity index (χ4n) is 0.910. The van der Waals surface area contributed by atoms with Crippen molar-refractivity contribution in [2.24, 2.45) is 0 Å². The van der Waals surface area contributed by atoms with Crippen molar-refractivity contribution in [1.29, 1.82) is 0 Å². The number of nitrogens with zero attached hydrogens (tertiary/aromatic N) is 1. The highest BCUT2D eigenvalue weighted by atomic mass is 16.1. The Kier molecular flexibility index (Phi) is 0.677. The number of hydrogen-bond donors (Lipinski definition) is 2. The van der Waals surface area contributed by atoms with E-state index in [0.29, 0.717) is 6.42 Å². The summed E-state index contributed by atoms with van der Waals surface area (Å²) in [6, 6.07) is 0. The van der Waals surface area contributed by atoms with Crippen LogP contribution < -0.4 is 5.32 Å². The summed E-state index contributed by atoms with van der Waals surface area (Å²) in [4.78, 5) is 10.6. The van der Waals surface area contributed by atoms with Crippen molar-refractivity contribution in [2.75, 3.05) is 5.32 Å². The van der Waals surface area contributed by atoms with E-state index >= 15 is 0 Å². The van der Waals surface area contributed by atoms with Crippen LogP contribution in [-0.2, 0) is 11.2 Å². The molecule has 0 bridgehead atoms. The van der Waals surface area contributed by atoms with Gasteiger partial charge in [-0.05, 0) is 0 Å². The van der Waals surface area contributed by atoms with E-state index in [1.54, 1.807) is 6.20 Å². The maximum Gasteiger partial charge on any atom is 0.230 e. The number of aromatic nitrogens is 2. The number of aromatic amines is 1. The summed E-state index contributed by atoms with van der Waals surface area (Å²) < 4.78 is 0. The van der Waals surface area contributed by atoms with Crippen LogP contribution in [0.5, 0.6) is 0 Å². The molecule has 2 N–H and O–H groups in total. The van der Waals surface area contributed by atoms with E-state index in [0.717, 1.165) is 11.4 Å². The minimum atomic E-state index is 0.0404. The third kappa shape index (κ3) is 0.526. The molecule has 0 aliphatic carbocycles. The second-order valence-electron chi connectivity index (χ2n) is 1.99. The SMILES string of the molecule is O=C1Cc2[nH]ncc2N1. The van der Waals surface area contributed by atoms with Crippen molar-refractivity contribution < 1.29 is 4.79 Å². The zero-order valence-corrected chi connectivity index (χ0v) is 4.64. The molecule has 0 aromatic carbocycles. The standard InChI is InChI=1S/C5H5N3O/c9-5-1-3-4(7-5)2-6-8-3/h2H,1H2,(H,6,8)(H,7,9). The first-order chi connectivity index (χ1) is 4.36. The number of carbonyl (C=O) groups is 1. The third-order valence-corrected chi connectivity index (χ3v) is 1.33. The van der Waals surface area contributed by atoms with Crippen molar-refractivity contribution in [3.8, 4) is 0 Å². The van der Waals surface area contributed by atoms with Gasteiger partial charge in [-0.2, -0.15) is 5.10 Å². The van der Waals surface area contributed by atoms with Gasteiger partial charge in [0.1, 0.15) is 0 Å². The maximum atomic E-state index is 10.6. The molecule has 4 heteroatoms. The summed E-state index contributed by atoms with van der Waals surface area (Å²) in [5.74, 6) is 0.0404. The lowest BCUT2D eigenvalue weighted by Gasteiger charge is -1.84. The molecule has 0 fully saturated rings. The Hall–Kier alpha value is -1.32. The van der Waals surface area contributed by atoms with Crippen LogP contribution in [0, 0.1) is 0 Å². The first-order valence-corrected chi connectivity index (χ1v) is 2.68. The predicted molar refractivity (Wildman–Crippen MR) is 30.9 cm³/mol. The Morgan fingerprint density at radius 3 is 3.33 bits per heavy atom. The van der Waals surface area contributed by atoms with Gasteiger partial charge in [0.2, 0.25) is 5.91 Å². The van der Waals surface area contributed by atoms with Crippen molar-refractivity contribution >= 4 is 11.6 Å². The largest absolute Gasteiger partial charge is 0.323 e. The van der Waals surface area contributed by atoms with Crippen molar-refractivity contribution in [3.63, 3.8) is 0 Å². The molecule has 1 aromatic heterocycles. The summed E-state index contributed by atoms with van der Waals surface area (Å²) in [6.45, 7) is 0. The normalized spacial score (nSPS) is 15.3. The molecule has 0 atom stereocenters. The summed E-state index contributed by atoms with van der Waals surface area (Å²) >= 11 is 0. The van der Waals surface area contributed by atoms with Crippen LogP contribution in [0.25, 0.3) is 0 Å². The first-order valence-electron chi connectivity index (χ1n) is 2.68. The van der Waals surface area contributed by atoms with Gasteiger partial charge in [-0.15, -0.1) is 0 Å². The van der Waals surface area contributed by atoms with Gasteiger partial charge in [0.25, 0.3) is 0 Å². The number of amides is 1. The monoisotopic (exact) mass is 123 g/mol. The molecule has 0 saturated heterocycles. The molecular formula is C5H5N3O. The molecule has 2 heterocycles. The molecule has 0 spiro atoms. The molecule has 1 aromatic rings. The first kappa shape index (κ1) is 4.55. The molecule has 9 heavy (non-hydrogen) atoms. The lowest BCUT2D eigenvalue weighted by Crippen LogP contribution is -2.04. The molecule has 1 aliphatic heterocycles. The van der Waals surface area contributed by atoms with Crippen molar-refractivity contribution in [2.45, 2.75) is 6.42 Å². The van der Waals surface area contributed by atoms with Crippen LogP contribution in [0.4, 0.5) is 5.69 Å². The minimum absolute atomic E-state index is 0.0404. The van der Waals surface area contributed by atoms with Crippen LogP contribution in [0.15, 0.2) is 6.20 Å². The minimum Gasteiger partial charge on any atom is -0.323 e. The van der Waals surface area contributed by atoms with Gasteiger partial charge in [-0.25, -0.2) is 0 Å². The fraction of sp³-hybridized carbons (Fsp3) is 0.200. The number of rotatable bonds is 0. The predicted octanol–water partition coefficient (Wildman–Crippen LogP) is -0.0957. The zero-order chi connectivity index (χ0) is 6.27. The number of anilines is 1. The highest BCUT2D eigenvalue weighted by Crippen LogP contribution is 2.17. The molecular weight excluding hydrogens is 118 g/mol. The van der Waals surface area contributed by atoms with Crippen molar-refractivity contribution in [3.05, 3.63) is 11.9 Å². The van der Waals surface area contributed by atoms with Crippen LogP contribution in [0.1, 0.15) is 5.69 Å². The molecule has 46 valence electrons. The molecule has 1 aliphatic rings. The summed E-state index contributed by atoms with van der Waals surface area (Å²) in [7, 11) is 0.